The van der Waals surface area contributed by atoms with Crippen LogP contribution in [0.1, 0.15) is 11.3 Å². The molecule has 8 nitrogen and oxygen atoms in total. The smallest absolute Gasteiger partial charge is 0.319 e. The van der Waals surface area contributed by atoms with Crippen molar-refractivity contribution in [2.75, 3.05) is 19.5 Å². The van der Waals surface area contributed by atoms with Gasteiger partial charge in [0.25, 0.3) is 0 Å². The molecule has 0 atom stereocenters. The minimum atomic E-state index is -0.359. The fourth-order valence-corrected chi connectivity index (χ4v) is 3.49. The van der Waals surface area contributed by atoms with Crippen molar-refractivity contribution in [1.82, 2.24) is 19.7 Å². The molecule has 2 aromatic heterocycles. The Bertz CT molecular complexity index is 1200. The van der Waals surface area contributed by atoms with E-state index < -0.39 is 0 Å². The number of nitrogens with zero attached hydrogens (tertiary/aromatic N) is 3. The number of hydrogen-bond donors (Lipinski definition) is 2. The highest BCUT2D eigenvalue weighted by Crippen LogP contribution is 2.29. The molecule has 0 radical (unpaired) electrons. The van der Waals surface area contributed by atoms with Gasteiger partial charge in [-0.15, -0.1) is 0 Å². The molecule has 8 heteroatoms. The van der Waals surface area contributed by atoms with Crippen molar-refractivity contribution in [1.29, 1.82) is 0 Å². The summed E-state index contributed by atoms with van der Waals surface area (Å²) in [5.74, 6) is 2.04. The van der Waals surface area contributed by atoms with E-state index in [0.717, 1.165) is 22.8 Å². The Labute approximate surface area is 186 Å². The standard InChI is InChI=1S/C24H25N5O3/c1-17-20(16-25-24(30)26-21-15-19(31-2)11-12-22(21)32-3)23(28-13-7-8-14-28)29(27-17)18-9-5-4-6-10-18/h4-15H,16H2,1-3H3,(H2,25,26,30). The van der Waals surface area contributed by atoms with Crippen LogP contribution in [0, 0.1) is 6.92 Å². The average molecular weight is 431 g/mol. The number of rotatable bonds is 7. The molecule has 0 bridgehead atoms. The molecule has 2 N–H and O–H groups in total. The summed E-state index contributed by atoms with van der Waals surface area (Å²) in [7, 11) is 3.12. The fraction of sp³-hybridized carbons (Fsp3) is 0.167. The van der Waals surface area contributed by atoms with Crippen LogP contribution in [0.15, 0.2) is 73.1 Å². The summed E-state index contributed by atoms with van der Waals surface area (Å²) in [6, 6.07) is 18.7. The Morgan fingerprint density at radius 1 is 1.00 bits per heavy atom. The van der Waals surface area contributed by atoms with Gasteiger partial charge in [0.15, 0.2) is 0 Å². The van der Waals surface area contributed by atoms with E-state index in [-0.39, 0.29) is 6.03 Å². The lowest BCUT2D eigenvalue weighted by molar-refractivity contribution is 0.251. The molecular formula is C24H25N5O3. The highest BCUT2D eigenvalue weighted by Gasteiger charge is 2.19. The van der Waals surface area contributed by atoms with Gasteiger partial charge in [-0.05, 0) is 43.3 Å². The highest BCUT2D eigenvalue weighted by atomic mass is 16.5. The fourth-order valence-electron chi connectivity index (χ4n) is 3.49. The molecule has 0 unspecified atom stereocenters. The third-order valence-corrected chi connectivity index (χ3v) is 5.09. The van der Waals surface area contributed by atoms with E-state index in [1.165, 1.54) is 0 Å². The Hall–Kier alpha value is -4.20. The minimum absolute atomic E-state index is 0.296. The molecule has 2 amide bonds. The zero-order chi connectivity index (χ0) is 22.5. The predicted molar refractivity (Wildman–Crippen MR) is 123 cm³/mol. The molecule has 0 spiro atoms. The number of hydrogen-bond acceptors (Lipinski definition) is 4. The molecule has 2 aromatic carbocycles. The quantitative estimate of drug-likeness (QED) is 0.457. The third-order valence-electron chi connectivity index (χ3n) is 5.09. The minimum Gasteiger partial charge on any atom is -0.497 e. The van der Waals surface area contributed by atoms with Gasteiger partial charge in [0, 0.05) is 24.0 Å². The summed E-state index contributed by atoms with van der Waals surface area (Å²) in [4.78, 5) is 12.7. The Balaban J connectivity index is 1.59. The van der Waals surface area contributed by atoms with Gasteiger partial charge in [-0.2, -0.15) is 5.10 Å². The third kappa shape index (κ3) is 4.29. The van der Waals surface area contributed by atoms with Crippen LogP contribution in [0.5, 0.6) is 11.5 Å². The largest absolute Gasteiger partial charge is 0.497 e. The maximum Gasteiger partial charge on any atom is 0.319 e. The number of para-hydroxylation sites is 1. The van der Waals surface area contributed by atoms with Crippen LogP contribution in [-0.2, 0) is 6.54 Å². The number of aryl methyl sites for hydroxylation is 1. The molecule has 0 aliphatic heterocycles. The predicted octanol–water partition coefficient (Wildman–Crippen LogP) is 4.31. The van der Waals surface area contributed by atoms with E-state index in [4.69, 9.17) is 14.6 Å². The number of amides is 2. The SMILES string of the molecule is COc1ccc(OC)c(NC(=O)NCc2c(C)nn(-c3ccccc3)c2-n2cccc2)c1. The van der Waals surface area contributed by atoms with Crippen LogP contribution in [0.2, 0.25) is 0 Å². The first-order chi connectivity index (χ1) is 15.6. The van der Waals surface area contributed by atoms with Crippen LogP contribution in [0.25, 0.3) is 11.5 Å². The van der Waals surface area contributed by atoms with Crippen molar-refractivity contribution in [3.8, 4) is 23.0 Å². The van der Waals surface area contributed by atoms with Gasteiger partial charge in [-0.1, -0.05) is 18.2 Å². The molecule has 0 fully saturated rings. The molecule has 164 valence electrons. The maximum absolute atomic E-state index is 12.7. The van der Waals surface area contributed by atoms with Crippen LogP contribution in [-0.4, -0.2) is 34.6 Å². The van der Waals surface area contributed by atoms with E-state index in [2.05, 4.69) is 10.6 Å². The van der Waals surface area contributed by atoms with E-state index >= 15 is 0 Å². The van der Waals surface area contributed by atoms with Gasteiger partial charge in [0.05, 0.1) is 37.8 Å². The van der Waals surface area contributed by atoms with Gasteiger partial charge in [0.1, 0.15) is 17.3 Å². The van der Waals surface area contributed by atoms with Gasteiger partial charge in [-0.3, -0.25) is 0 Å². The van der Waals surface area contributed by atoms with Crippen molar-refractivity contribution in [2.45, 2.75) is 13.5 Å². The summed E-state index contributed by atoms with van der Waals surface area (Å²) < 4.78 is 14.5. The number of carbonyl (C=O) groups excluding carboxylic acids is 1. The Morgan fingerprint density at radius 3 is 2.44 bits per heavy atom. The monoisotopic (exact) mass is 431 g/mol. The average Bonchev–Trinajstić information content (AvgIpc) is 3.46. The molecule has 4 rings (SSSR count). The molecule has 0 aliphatic carbocycles. The van der Waals surface area contributed by atoms with Crippen LogP contribution in [0.4, 0.5) is 10.5 Å². The second-order valence-electron chi connectivity index (χ2n) is 7.10. The molecule has 32 heavy (non-hydrogen) atoms. The number of nitrogens with one attached hydrogen (secondary N) is 2. The summed E-state index contributed by atoms with van der Waals surface area (Å²) in [5, 5.41) is 10.5. The maximum atomic E-state index is 12.7. The normalized spacial score (nSPS) is 10.6. The lowest BCUT2D eigenvalue weighted by Gasteiger charge is -2.14. The molecular weight excluding hydrogens is 406 g/mol. The molecule has 4 aromatic rings. The summed E-state index contributed by atoms with van der Waals surface area (Å²) >= 11 is 0. The number of ether oxygens (including phenoxy) is 2. The van der Waals surface area contributed by atoms with Crippen molar-refractivity contribution in [3.05, 3.63) is 84.3 Å². The van der Waals surface area contributed by atoms with Crippen molar-refractivity contribution >= 4 is 11.7 Å². The van der Waals surface area contributed by atoms with Crippen LogP contribution < -0.4 is 20.1 Å². The number of methoxy groups -OCH3 is 2. The highest BCUT2D eigenvalue weighted by molar-refractivity contribution is 5.91. The van der Waals surface area contributed by atoms with Crippen LogP contribution >= 0.6 is 0 Å². The molecule has 2 heterocycles. The van der Waals surface area contributed by atoms with E-state index in [0.29, 0.717) is 23.7 Å². The zero-order valence-corrected chi connectivity index (χ0v) is 18.2. The number of anilines is 1. The second-order valence-corrected chi connectivity index (χ2v) is 7.10. The Morgan fingerprint density at radius 2 is 1.75 bits per heavy atom. The summed E-state index contributed by atoms with van der Waals surface area (Å²) in [6.07, 6.45) is 3.92. The first-order valence-electron chi connectivity index (χ1n) is 10.1. The van der Waals surface area contributed by atoms with Gasteiger partial charge in [0.2, 0.25) is 0 Å². The second kappa shape index (κ2) is 9.30. The van der Waals surface area contributed by atoms with E-state index in [1.807, 2.05) is 71.0 Å². The molecule has 0 saturated carbocycles. The zero-order valence-electron chi connectivity index (χ0n) is 18.2. The van der Waals surface area contributed by atoms with Gasteiger partial charge in [-0.25, -0.2) is 9.48 Å². The van der Waals surface area contributed by atoms with E-state index in [1.54, 1.807) is 32.4 Å². The number of benzene rings is 2. The topological polar surface area (TPSA) is 82.3 Å². The Kier molecular flexibility index (Phi) is 6.12. The lowest BCUT2D eigenvalue weighted by Crippen LogP contribution is -2.29. The van der Waals surface area contributed by atoms with E-state index in [9.17, 15) is 4.79 Å². The summed E-state index contributed by atoms with van der Waals surface area (Å²) in [5.41, 5.74) is 3.21. The van der Waals surface area contributed by atoms with Gasteiger partial charge >= 0.3 is 6.03 Å². The molecule has 0 saturated heterocycles. The lowest BCUT2D eigenvalue weighted by atomic mass is 10.2. The number of urea groups is 1. The molecule has 0 aliphatic rings. The van der Waals surface area contributed by atoms with Crippen molar-refractivity contribution in [3.63, 3.8) is 0 Å². The number of carbonyl (C=O) groups is 1. The van der Waals surface area contributed by atoms with Crippen molar-refractivity contribution in [2.24, 2.45) is 0 Å². The van der Waals surface area contributed by atoms with Crippen molar-refractivity contribution < 1.29 is 14.3 Å². The first kappa shape index (κ1) is 21.0. The number of aromatic nitrogens is 3. The first-order valence-corrected chi connectivity index (χ1v) is 10.1. The summed E-state index contributed by atoms with van der Waals surface area (Å²) in [6.45, 7) is 2.23. The van der Waals surface area contributed by atoms with Crippen LogP contribution in [0.3, 0.4) is 0 Å². The van der Waals surface area contributed by atoms with Gasteiger partial charge < -0.3 is 24.7 Å².